The van der Waals surface area contributed by atoms with Gasteiger partial charge in [0.2, 0.25) is 0 Å². The summed E-state index contributed by atoms with van der Waals surface area (Å²) >= 11 is 1.07. The van der Waals surface area contributed by atoms with Crippen molar-refractivity contribution in [2.24, 2.45) is 5.73 Å². The van der Waals surface area contributed by atoms with Crippen LogP contribution in [0.2, 0.25) is 0 Å². The summed E-state index contributed by atoms with van der Waals surface area (Å²) in [5.74, 6) is -0.694. The molecule has 1 aliphatic rings. The molecule has 1 amide bonds. The van der Waals surface area contributed by atoms with E-state index in [0.717, 1.165) is 37.2 Å². The van der Waals surface area contributed by atoms with Crippen molar-refractivity contribution < 1.29 is 13.2 Å². The summed E-state index contributed by atoms with van der Waals surface area (Å²) in [6.45, 7) is 6.16. The maximum absolute atomic E-state index is 12.0. The van der Waals surface area contributed by atoms with Crippen molar-refractivity contribution >= 4 is 37.8 Å². The van der Waals surface area contributed by atoms with Gasteiger partial charge in [0.1, 0.15) is 14.8 Å². The number of sulfone groups is 1. The molecule has 0 spiro atoms. The Labute approximate surface area is 128 Å². The summed E-state index contributed by atoms with van der Waals surface area (Å²) in [4.78, 5) is 15.8. The van der Waals surface area contributed by atoms with Crippen molar-refractivity contribution in [3.63, 3.8) is 0 Å². The highest BCUT2D eigenvalue weighted by molar-refractivity contribution is 7.91. The van der Waals surface area contributed by atoms with Gasteiger partial charge in [-0.3, -0.25) is 4.79 Å². The number of hydrogen-bond donors (Lipinski definition) is 2. The second-order valence-electron chi connectivity index (χ2n) is 5.04. The molecule has 2 heterocycles. The average Bonchev–Trinajstić information content (AvgIpc) is 2.76. The minimum atomic E-state index is -3.52. The van der Waals surface area contributed by atoms with E-state index in [1.807, 2.05) is 4.90 Å². The lowest BCUT2D eigenvalue weighted by atomic mass is 10.3. The fraction of sp³-hybridized carbons (Fsp3) is 0.583. The van der Waals surface area contributed by atoms with E-state index in [1.165, 1.54) is 0 Å². The maximum Gasteiger partial charge on any atom is 0.261 e. The molecule has 1 aromatic heterocycles. The fourth-order valence-electron chi connectivity index (χ4n) is 2.43. The first kappa shape index (κ1) is 16.1. The Hall–Kier alpha value is -1.32. The van der Waals surface area contributed by atoms with Gasteiger partial charge in [-0.1, -0.05) is 6.92 Å². The second-order valence-corrected chi connectivity index (χ2v) is 7.99. The second kappa shape index (κ2) is 5.82. The maximum atomic E-state index is 12.0. The smallest absolute Gasteiger partial charge is 0.261 e. The molecule has 1 aliphatic heterocycles. The first-order chi connectivity index (χ1) is 9.75. The number of likely N-dealkylation sites (N-methyl/N-ethyl adjacent to an activating group) is 1. The van der Waals surface area contributed by atoms with Gasteiger partial charge in [0, 0.05) is 32.4 Å². The van der Waals surface area contributed by atoms with Crippen molar-refractivity contribution in [2.45, 2.75) is 11.8 Å². The van der Waals surface area contributed by atoms with E-state index >= 15 is 0 Å². The molecule has 1 aromatic rings. The minimum absolute atomic E-state index is 0.0251. The van der Waals surface area contributed by atoms with Crippen LogP contribution in [0.3, 0.4) is 0 Å². The molecule has 118 valence electrons. The zero-order valence-electron chi connectivity index (χ0n) is 12.1. The van der Waals surface area contributed by atoms with Crippen LogP contribution in [0.4, 0.5) is 10.7 Å². The van der Waals surface area contributed by atoms with Crippen LogP contribution < -0.4 is 16.4 Å². The highest BCUT2D eigenvalue weighted by Crippen LogP contribution is 2.41. The molecule has 7 nitrogen and oxygen atoms in total. The summed E-state index contributed by atoms with van der Waals surface area (Å²) in [5.41, 5.74) is 11.1. The van der Waals surface area contributed by atoms with Crippen LogP contribution >= 0.6 is 11.3 Å². The Bertz CT molecular complexity index is 646. The first-order valence-corrected chi connectivity index (χ1v) is 9.36. The lowest BCUT2D eigenvalue weighted by Crippen LogP contribution is -2.46. The average molecular weight is 332 g/mol. The standard InChI is InChI=1S/C12H20N4O3S2/c1-3-15-4-6-16(7-5-15)12-10(21(2,18)19)8(13)9(20-12)11(14)17/h3-7,13H2,1-2H3,(H2,14,17). The molecular formula is C12H20N4O3S2. The zero-order chi connectivity index (χ0) is 15.8. The van der Waals surface area contributed by atoms with Gasteiger partial charge in [0.25, 0.3) is 5.91 Å². The molecular weight excluding hydrogens is 312 g/mol. The quantitative estimate of drug-likeness (QED) is 0.801. The molecule has 4 N–H and O–H groups in total. The van der Waals surface area contributed by atoms with E-state index in [0.29, 0.717) is 18.1 Å². The number of thiophene rings is 1. The predicted molar refractivity (Wildman–Crippen MR) is 84.7 cm³/mol. The van der Waals surface area contributed by atoms with Crippen LogP contribution in [0.5, 0.6) is 0 Å². The van der Waals surface area contributed by atoms with Crippen molar-refractivity contribution in [1.82, 2.24) is 4.90 Å². The van der Waals surface area contributed by atoms with E-state index in [-0.39, 0.29) is 15.5 Å². The molecule has 1 fully saturated rings. The van der Waals surface area contributed by atoms with Gasteiger partial charge < -0.3 is 21.3 Å². The zero-order valence-corrected chi connectivity index (χ0v) is 13.8. The number of primary amides is 1. The van der Waals surface area contributed by atoms with Crippen LogP contribution in [-0.4, -0.2) is 58.2 Å². The van der Waals surface area contributed by atoms with E-state index in [2.05, 4.69) is 11.8 Å². The van der Waals surface area contributed by atoms with Crippen LogP contribution in [0.15, 0.2) is 4.90 Å². The Morgan fingerprint density at radius 3 is 2.29 bits per heavy atom. The predicted octanol–water partition coefficient (Wildman–Crippen LogP) is -0.0254. The van der Waals surface area contributed by atoms with Gasteiger partial charge in [0.05, 0.1) is 5.69 Å². The van der Waals surface area contributed by atoms with Gasteiger partial charge in [-0.05, 0) is 6.54 Å². The summed E-state index contributed by atoms with van der Waals surface area (Å²) in [6.07, 6.45) is 1.10. The third-order valence-electron chi connectivity index (χ3n) is 3.58. The van der Waals surface area contributed by atoms with Crippen LogP contribution in [-0.2, 0) is 9.84 Å². The topological polar surface area (TPSA) is 110 Å². The van der Waals surface area contributed by atoms with E-state index < -0.39 is 15.7 Å². The third kappa shape index (κ3) is 3.14. The number of amides is 1. The van der Waals surface area contributed by atoms with Crippen molar-refractivity contribution in [1.29, 1.82) is 0 Å². The fourth-order valence-corrected chi connectivity index (χ4v) is 5.04. The summed E-state index contributed by atoms with van der Waals surface area (Å²) in [5, 5.41) is 0.527. The molecule has 0 radical (unpaired) electrons. The van der Waals surface area contributed by atoms with Gasteiger partial charge in [-0.15, -0.1) is 11.3 Å². The number of hydrogen-bond acceptors (Lipinski definition) is 7. The van der Waals surface area contributed by atoms with E-state index in [1.54, 1.807) is 0 Å². The number of anilines is 2. The normalized spacial score (nSPS) is 17.1. The van der Waals surface area contributed by atoms with Crippen LogP contribution in [0.25, 0.3) is 0 Å². The Kier molecular flexibility index (Phi) is 4.45. The molecule has 0 unspecified atom stereocenters. The minimum Gasteiger partial charge on any atom is -0.396 e. The van der Waals surface area contributed by atoms with Gasteiger partial charge >= 0.3 is 0 Å². The number of nitrogen functional groups attached to an aromatic ring is 1. The summed E-state index contributed by atoms with van der Waals surface area (Å²) in [7, 11) is -3.52. The van der Waals surface area contributed by atoms with Crippen LogP contribution in [0.1, 0.15) is 16.6 Å². The molecule has 9 heteroatoms. The van der Waals surface area contributed by atoms with E-state index in [4.69, 9.17) is 11.5 Å². The number of nitrogens with zero attached hydrogens (tertiary/aromatic N) is 2. The summed E-state index contributed by atoms with van der Waals surface area (Å²) in [6, 6.07) is 0. The van der Waals surface area contributed by atoms with Gasteiger partial charge in [-0.2, -0.15) is 0 Å². The number of carbonyl (C=O) groups is 1. The summed E-state index contributed by atoms with van der Waals surface area (Å²) < 4.78 is 24.0. The lowest BCUT2D eigenvalue weighted by molar-refractivity contribution is 0.100. The van der Waals surface area contributed by atoms with Crippen molar-refractivity contribution in [3.8, 4) is 0 Å². The number of nitrogens with two attached hydrogens (primary N) is 2. The van der Waals surface area contributed by atoms with Crippen molar-refractivity contribution in [2.75, 3.05) is 49.6 Å². The number of piperazine rings is 1. The largest absolute Gasteiger partial charge is 0.396 e. The molecule has 0 aromatic carbocycles. The Morgan fingerprint density at radius 2 is 1.86 bits per heavy atom. The molecule has 21 heavy (non-hydrogen) atoms. The number of carbonyl (C=O) groups excluding carboxylic acids is 1. The molecule has 0 bridgehead atoms. The lowest BCUT2D eigenvalue weighted by Gasteiger charge is -2.35. The molecule has 0 atom stereocenters. The monoisotopic (exact) mass is 332 g/mol. The Morgan fingerprint density at radius 1 is 1.29 bits per heavy atom. The first-order valence-electron chi connectivity index (χ1n) is 6.65. The molecule has 0 aliphatic carbocycles. The highest BCUT2D eigenvalue weighted by atomic mass is 32.2. The molecule has 2 rings (SSSR count). The van der Waals surface area contributed by atoms with E-state index in [9.17, 15) is 13.2 Å². The molecule has 1 saturated heterocycles. The Balaban J connectivity index is 2.44. The number of rotatable bonds is 4. The third-order valence-corrected chi connectivity index (χ3v) is 6.15. The molecule has 0 saturated carbocycles. The highest BCUT2D eigenvalue weighted by Gasteiger charge is 2.30. The van der Waals surface area contributed by atoms with Crippen molar-refractivity contribution in [3.05, 3.63) is 4.88 Å². The SMILES string of the molecule is CCN1CCN(c2sc(C(N)=O)c(N)c2S(C)(=O)=O)CC1. The van der Waals surface area contributed by atoms with Gasteiger partial charge in [0.15, 0.2) is 9.84 Å². The van der Waals surface area contributed by atoms with Gasteiger partial charge in [-0.25, -0.2) is 8.42 Å². The van der Waals surface area contributed by atoms with Crippen LogP contribution in [0, 0.1) is 0 Å².